The second kappa shape index (κ2) is 12.2. The Morgan fingerprint density at radius 2 is 1.82 bits per heavy atom. The Balaban J connectivity index is 1.94. The summed E-state index contributed by atoms with van der Waals surface area (Å²) in [5, 5.41) is 19.0. The number of benzene rings is 2. The Kier molecular flexibility index (Phi) is 9.30. The first-order chi connectivity index (χ1) is 17.9. The van der Waals surface area contributed by atoms with Crippen molar-refractivity contribution in [3.05, 3.63) is 58.3 Å². The van der Waals surface area contributed by atoms with Gasteiger partial charge in [-0.3, -0.25) is 10.1 Å². The number of hydrogen-bond donors (Lipinski definition) is 2. The molecule has 204 valence electrons. The van der Waals surface area contributed by atoms with Gasteiger partial charge in [-0.2, -0.15) is 4.98 Å². The monoisotopic (exact) mass is 541 g/mol. The summed E-state index contributed by atoms with van der Waals surface area (Å²) < 4.78 is 18.4. The highest BCUT2D eigenvalue weighted by atomic mass is 31.2. The van der Waals surface area contributed by atoms with Crippen molar-refractivity contribution < 1.29 is 14.2 Å². The van der Waals surface area contributed by atoms with Crippen molar-refractivity contribution in [1.29, 1.82) is 0 Å². The molecule has 0 amide bonds. The molecule has 0 saturated carbocycles. The van der Waals surface area contributed by atoms with Gasteiger partial charge in [-0.15, -0.1) is 0 Å². The van der Waals surface area contributed by atoms with Crippen molar-refractivity contribution in [3.63, 3.8) is 0 Å². The zero-order chi connectivity index (χ0) is 28.0. The normalized spacial score (nSPS) is 11.4. The summed E-state index contributed by atoms with van der Waals surface area (Å²) in [7, 11) is 2.80. The van der Waals surface area contributed by atoms with Crippen molar-refractivity contribution in [3.8, 4) is 5.75 Å². The van der Waals surface area contributed by atoms with Crippen molar-refractivity contribution in [2.24, 2.45) is 0 Å². The van der Waals surface area contributed by atoms with Crippen LogP contribution in [0.1, 0.15) is 12.5 Å². The summed E-state index contributed by atoms with van der Waals surface area (Å²) in [5.74, 6) is 1.17. The standard InChI is InChI=1S/C26H36N7O4P/c1-8-31(3)13-14-32(4)21-16-23(37-5)20(15-22(21)33(34)35)29-26-27-17-18(2)25(30-26)28-19-11-9-10-12-24(19)38(6,7)36/h9-12,15-17H,8,13-14H2,1-7H3,(H2,27,28,29,30). The first kappa shape index (κ1) is 28.9. The third-order valence-electron chi connectivity index (χ3n) is 6.22. The number of aromatic nitrogens is 2. The molecule has 0 aliphatic rings. The molecule has 0 radical (unpaired) electrons. The van der Waals surface area contributed by atoms with E-state index >= 15 is 0 Å². The van der Waals surface area contributed by atoms with Gasteiger partial charge in [0, 0.05) is 49.3 Å². The molecule has 3 aromatic rings. The average molecular weight is 542 g/mol. The molecule has 0 spiro atoms. The number of ether oxygens (including phenoxy) is 1. The molecule has 3 rings (SSSR count). The van der Waals surface area contributed by atoms with Crippen molar-refractivity contribution >= 4 is 47.0 Å². The van der Waals surface area contributed by atoms with Gasteiger partial charge in [-0.25, -0.2) is 4.98 Å². The minimum absolute atomic E-state index is 0.0593. The van der Waals surface area contributed by atoms with E-state index in [1.54, 1.807) is 25.6 Å². The second-order valence-electron chi connectivity index (χ2n) is 9.46. The lowest BCUT2D eigenvalue weighted by Gasteiger charge is -2.23. The number of likely N-dealkylation sites (N-methyl/N-ethyl adjacent to an activating group) is 2. The van der Waals surface area contributed by atoms with Gasteiger partial charge < -0.3 is 29.7 Å². The van der Waals surface area contributed by atoms with Crippen molar-refractivity contribution in [2.75, 3.05) is 69.7 Å². The molecule has 38 heavy (non-hydrogen) atoms. The summed E-state index contributed by atoms with van der Waals surface area (Å²) in [6, 6.07) is 10.5. The zero-order valence-corrected chi connectivity index (χ0v) is 23.9. The minimum atomic E-state index is -2.53. The predicted octanol–water partition coefficient (Wildman–Crippen LogP) is 4.82. The van der Waals surface area contributed by atoms with Crippen LogP contribution in [0.4, 0.5) is 34.5 Å². The number of nitrogens with one attached hydrogen (secondary N) is 2. The Bertz CT molecular complexity index is 1350. The van der Waals surface area contributed by atoms with Gasteiger partial charge >= 0.3 is 0 Å². The van der Waals surface area contributed by atoms with E-state index in [2.05, 4.69) is 32.4 Å². The summed E-state index contributed by atoms with van der Waals surface area (Å²) in [6.45, 7) is 9.61. The summed E-state index contributed by atoms with van der Waals surface area (Å²) in [6.07, 6.45) is 1.64. The molecule has 1 heterocycles. The Morgan fingerprint density at radius 1 is 1.11 bits per heavy atom. The van der Waals surface area contributed by atoms with E-state index in [1.807, 2.05) is 50.2 Å². The van der Waals surface area contributed by atoms with Crippen LogP contribution >= 0.6 is 7.14 Å². The third-order valence-corrected chi connectivity index (χ3v) is 7.77. The Labute approximate surface area is 223 Å². The second-order valence-corrected chi connectivity index (χ2v) is 12.6. The van der Waals surface area contributed by atoms with Crippen LogP contribution in [0.3, 0.4) is 0 Å². The smallest absolute Gasteiger partial charge is 0.294 e. The maximum atomic E-state index is 12.8. The van der Waals surface area contributed by atoms with Crippen molar-refractivity contribution in [2.45, 2.75) is 13.8 Å². The number of anilines is 5. The van der Waals surface area contributed by atoms with E-state index in [0.29, 0.717) is 35.2 Å². The van der Waals surface area contributed by atoms with E-state index in [9.17, 15) is 14.7 Å². The lowest BCUT2D eigenvalue weighted by Crippen LogP contribution is -2.31. The number of rotatable bonds is 12. The molecular weight excluding hydrogens is 505 g/mol. The predicted molar refractivity (Wildman–Crippen MR) is 155 cm³/mol. The molecule has 2 N–H and O–H groups in total. The van der Waals surface area contributed by atoms with Gasteiger partial charge in [-0.05, 0) is 46.0 Å². The van der Waals surface area contributed by atoms with Gasteiger partial charge in [0.1, 0.15) is 24.4 Å². The number of nitro groups is 1. The van der Waals surface area contributed by atoms with E-state index < -0.39 is 12.1 Å². The van der Waals surface area contributed by atoms with Gasteiger partial charge in [-0.1, -0.05) is 19.1 Å². The lowest BCUT2D eigenvalue weighted by molar-refractivity contribution is -0.384. The molecule has 2 aromatic carbocycles. The number of aryl methyl sites for hydroxylation is 1. The van der Waals surface area contributed by atoms with Crippen LogP contribution < -0.4 is 25.6 Å². The SMILES string of the molecule is CCN(C)CCN(C)c1cc(OC)c(Nc2ncc(C)c(Nc3ccccc3P(C)(C)=O)n2)cc1[N+](=O)[O-]. The van der Waals surface area contributed by atoms with Gasteiger partial charge in [0.25, 0.3) is 5.69 Å². The third kappa shape index (κ3) is 6.99. The molecule has 0 fully saturated rings. The largest absolute Gasteiger partial charge is 0.494 e. The van der Waals surface area contributed by atoms with E-state index in [4.69, 9.17) is 4.74 Å². The number of methoxy groups -OCH3 is 1. The minimum Gasteiger partial charge on any atom is -0.494 e. The number of para-hydroxylation sites is 1. The molecule has 0 saturated heterocycles. The zero-order valence-electron chi connectivity index (χ0n) is 23.0. The van der Waals surface area contributed by atoms with Crippen LogP contribution in [0.25, 0.3) is 0 Å². The lowest BCUT2D eigenvalue weighted by atomic mass is 10.2. The maximum Gasteiger partial charge on any atom is 0.294 e. The van der Waals surface area contributed by atoms with Crippen LogP contribution in [0.5, 0.6) is 5.75 Å². The summed E-state index contributed by atoms with van der Waals surface area (Å²) in [5.41, 5.74) is 2.23. The molecule has 0 unspecified atom stereocenters. The van der Waals surface area contributed by atoms with Gasteiger partial charge in [0.15, 0.2) is 0 Å². The Hall–Kier alpha value is -3.69. The average Bonchev–Trinajstić information content (AvgIpc) is 2.88. The fourth-order valence-corrected chi connectivity index (χ4v) is 4.96. The quantitative estimate of drug-likeness (QED) is 0.187. The molecular formula is C26H36N7O4P. The molecule has 0 aliphatic carbocycles. The van der Waals surface area contributed by atoms with Crippen molar-refractivity contribution in [1.82, 2.24) is 14.9 Å². The maximum absolute atomic E-state index is 12.8. The molecule has 1 aromatic heterocycles. The topological polar surface area (TPSA) is 126 Å². The highest BCUT2D eigenvalue weighted by Crippen LogP contribution is 2.40. The molecule has 12 heteroatoms. The van der Waals surface area contributed by atoms with Gasteiger partial charge in [0.2, 0.25) is 5.95 Å². The van der Waals surface area contributed by atoms with Crippen LogP contribution in [0, 0.1) is 17.0 Å². The van der Waals surface area contributed by atoms with Crippen LogP contribution in [0.2, 0.25) is 0 Å². The van der Waals surface area contributed by atoms with Crippen LogP contribution in [-0.2, 0) is 4.57 Å². The van der Waals surface area contributed by atoms with Crippen LogP contribution in [-0.4, -0.2) is 74.0 Å². The number of nitrogens with zero attached hydrogens (tertiary/aromatic N) is 5. The van der Waals surface area contributed by atoms with Crippen LogP contribution in [0.15, 0.2) is 42.6 Å². The molecule has 0 atom stereocenters. The number of hydrogen-bond acceptors (Lipinski definition) is 10. The summed E-state index contributed by atoms with van der Waals surface area (Å²) in [4.78, 5) is 24.5. The highest BCUT2D eigenvalue weighted by molar-refractivity contribution is 7.70. The van der Waals surface area contributed by atoms with Gasteiger partial charge in [0.05, 0.1) is 23.4 Å². The first-order valence-electron chi connectivity index (χ1n) is 12.2. The summed E-state index contributed by atoms with van der Waals surface area (Å²) >= 11 is 0. The Morgan fingerprint density at radius 3 is 2.45 bits per heavy atom. The molecule has 11 nitrogen and oxygen atoms in total. The molecule has 0 aliphatic heterocycles. The van der Waals surface area contributed by atoms with E-state index in [-0.39, 0.29) is 11.6 Å². The highest BCUT2D eigenvalue weighted by Gasteiger charge is 2.23. The molecule has 0 bridgehead atoms. The number of nitro benzene ring substituents is 1. The fourth-order valence-electron chi connectivity index (χ4n) is 3.80. The van der Waals surface area contributed by atoms with E-state index in [0.717, 1.165) is 24.0 Å². The fraction of sp³-hybridized carbons (Fsp3) is 0.385. The van der Waals surface area contributed by atoms with E-state index in [1.165, 1.54) is 13.2 Å². The first-order valence-corrected chi connectivity index (χ1v) is 14.8.